The quantitative estimate of drug-likeness (QED) is 0.755. The van der Waals surface area contributed by atoms with E-state index >= 15 is 0 Å². The molecule has 0 aromatic heterocycles. The molecule has 2 rings (SSSR count). The second-order valence-corrected chi connectivity index (χ2v) is 2.88. The van der Waals surface area contributed by atoms with Crippen molar-refractivity contribution in [2.24, 2.45) is 5.73 Å². The Hall–Kier alpha value is -0.640. The molecule has 2 N–H and O–H groups in total. The predicted molar refractivity (Wildman–Crippen MR) is 50.2 cm³/mol. The van der Waals surface area contributed by atoms with Crippen LogP contribution >= 0.6 is 12.4 Å². The number of hydrogen-bond acceptors (Lipinski definition) is 2. The molecule has 0 saturated carbocycles. The summed E-state index contributed by atoms with van der Waals surface area (Å²) in [5.41, 5.74) is 7.40. The number of ether oxygens (including phenoxy) is 1. The van der Waals surface area contributed by atoms with Crippen molar-refractivity contribution >= 4 is 12.4 Å². The van der Waals surface area contributed by atoms with Gasteiger partial charge in [-0.1, -0.05) is 6.07 Å². The highest BCUT2D eigenvalue weighted by atomic mass is 35.5. The van der Waals surface area contributed by atoms with Crippen LogP contribution in [0.3, 0.4) is 0 Å². The van der Waals surface area contributed by atoms with E-state index in [1.54, 1.807) is 6.07 Å². The van der Waals surface area contributed by atoms with Gasteiger partial charge in [0.15, 0.2) is 0 Å². The fourth-order valence-corrected chi connectivity index (χ4v) is 1.47. The molecule has 0 spiro atoms. The Balaban J connectivity index is 0.000000845. The van der Waals surface area contributed by atoms with Gasteiger partial charge in [0.05, 0.1) is 12.7 Å². The molecule has 1 aromatic rings. The lowest BCUT2D eigenvalue weighted by Crippen LogP contribution is -2.10. The zero-order valence-corrected chi connectivity index (χ0v) is 7.81. The van der Waals surface area contributed by atoms with Crippen molar-refractivity contribution in [2.45, 2.75) is 12.7 Å². The zero-order valence-electron chi connectivity index (χ0n) is 7.00. The van der Waals surface area contributed by atoms with Crippen LogP contribution in [0.2, 0.25) is 0 Å². The molecule has 4 heteroatoms. The molecule has 0 radical (unpaired) electrons. The predicted octanol–water partition coefficient (Wildman–Crippen LogP) is 1.78. The summed E-state index contributed by atoms with van der Waals surface area (Å²) in [7, 11) is 0. The summed E-state index contributed by atoms with van der Waals surface area (Å²) >= 11 is 0. The summed E-state index contributed by atoms with van der Waals surface area (Å²) in [5, 5.41) is 0. The fourth-order valence-electron chi connectivity index (χ4n) is 1.47. The van der Waals surface area contributed by atoms with E-state index in [2.05, 4.69) is 0 Å². The topological polar surface area (TPSA) is 35.2 Å². The molecule has 2 nitrogen and oxygen atoms in total. The lowest BCUT2D eigenvalue weighted by molar-refractivity contribution is 0.0723. The van der Waals surface area contributed by atoms with Crippen LogP contribution in [-0.2, 0) is 11.3 Å². The van der Waals surface area contributed by atoms with Crippen LogP contribution in [0.1, 0.15) is 17.2 Å². The smallest absolute Gasteiger partial charge is 0.123 e. The monoisotopic (exact) mass is 203 g/mol. The normalized spacial score (nSPS) is 19.4. The molecule has 1 aliphatic rings. The van der Waals surface area contributed by atoms with Crippen molar-refractivity contribution in [3.05, 3.63) is 35.1 Å². The molecular formula is C9H11ClFNO. The standard InChI is InChI=1S/C9H10FNO.ClH/c10-7-2-1-6-5-12-9(4-11)8(6)3-7;/h1-3,9H,4-5,11H2;1H. The molecular weight excluding hydrogens is 193 g/mol. The van der Waals surface area contributed by atoms with Gasteiger partial charge < -0.3 is 10.5 Å². The molecule has 72 valence electrons. The van der Waals surface area contributed by atoms with Gasteiger partial charge in [0.25, 0.3) is 0 Å². The second-order valence-electron chi connectivity index (χ2n) is 2.88. The van der Waals surface area contributed by atoms with Crippen molar-refractivity contribution in [3.8, 4) is 0 Å². The van der Waals surface area contributed by atoms with Gasteiger partial charge in [-0.15, -0.1) is 12.4 Å². The first-order valence-electron chi connectivity index (χ1n) is 3.91. The van der Waals surface area contributed by atoms with Crippen LogP contribution in [0.15, 0.2) is 18.2 Å². The van der Waals surface area contributed by atoms with Crippen LogP contribution in [0.4, 0.5) is 4.39 Å². The fraction of sp³-hybridized carbons (Fsp3) is 0.333. The number of benzene rings is 1. The van der Waals surface area contributed by atoms with E-state index in [1.165, 1.54) is 12.1 Å². The molecule has 1 aliphatic heterocycles. The summed E-state index contributed by atoms with van der Waals surface area (Å²) in [4.78, 5) is 0. The van der Waals surface area contributed by atoms with Gasteiger partial charge in [0, 0.05) is 6.54 Å². The van der Waals surface area contributed by atoms with E-state index in [0.717, 1.165) is 11.1 Å². The number of nitrogens with two attached hydrogens (primary N) is 1. The Morgan fingerprint density at radius 2 is 2.31 bits per heavy atom. The highest BCUT2D eigenvalue weighted by Crippen LogP contribution is 2.29. The summed E-state index contributed by atoms with van der Waals surface area (Å²) < 4.78 is 18.1. The molecule has 1 aromatic carbocycles. The molecule has 0 aliphatic carbocycles. The minimum absolute atomic E-state index is 0. The molecule has 0 bridgehead atoms. The van der Waals surface area contributed by atoms with Crippen molar-refractivity contribution in [1.82, 2.24) is 0 Å². The third-order valence-corrected chi connectivity index (χ3v) is 2.11. The lowest BCUT2D eigenvalue weighted by atomic mass is 10.1. The molecule has 1 atom stereocenters. The van der Waals surface area contributed by atoms with E-state index in [-0.39, 0.29) is 24.3 Å². The number of rotatable bonds is 1. The Bertz CT molecular complexity index is 306. The molecule has 1 heterocycles. The van der Waals surface area contributed by atoms with E-state index in [1.807, 2.05) is 0 Å². The number of halogens is 2. The van der Waals surface area contributed by atoms with E-state index in [4.69, 9.17) is 10.5 Å². The zero-order chi connectivity index (χ0) is 8.55. The largest absolute Gasteiger partial charge is 0.368 e. The highest BCUT2D eigenvalue weighted by molar-refractivity contribution is 5.85. The first-order chi connectivity index (χ1) is 5.81. The number of hydrogen-bond donors (Lipinski definition) is 1. The Labute approximate surface area is 82.3 Å². The molecule has 0 amide bonds. The van der Waals surface area contributed by atoms with E-state index in [9.17, 15) is 4.39 Å². The van der Waals surface area contributed by atoms with Crippen LogP contribution in [-0.4, -0.2) is 6.54 Å². The molecule has 1 unspecified atom stereocenters. The van der Waals surface area contributed by atoms with Gasteiger partial charge >= 0.3 is 0 Å². The van der Waals surface area contributed by atoms with Crippen LogP contribution in [0, 0.1) is 5.82 Å². The van der Waals surface area contributed by atoms with Crippen molar-refractivity contribution in [1.29, 1.82) is 0 Å². The van der Waals surface area contributed by atoms with Gasteiger partial charge in [0.1, 0.15) is 5.82 Å². The van der Waals surface area contributed by atoms with Crippen LogP contribution in [0.25, 0.3) is 0 Å². The maximum absolute atomic E-state index is 12.8. The summed E-state index contributed by atoms with van der Waals surface area (Å²) in [6.07, 6.45) is -0.115. The highest BCUT2D eigenvalue weighted by Gasteiger charge is 2.21. The first-order valence-corrected chi connectivity index (χ1v) is 3.91. The van der Waals surface area contributed by atoms with Crippen molar-refractivity contribution in [2.75, 3.05) is 6.54 Å². The summed E-state index contributed by atoms with van der Waals surface area (Å²) in [6, 6.07) is 4.70. The third kappa shape index (κ3) is 1.82. The summed E-state index contributed by atoms with van der Waals surface area (Å²) in [5.74, 6) is -0.224. The SMILES string of the molecule is Cl.NCC1OCc2ccc(F)cc21. The van der Waals surface area contributed by atoms with Crippen LogP contribution < -0.4 is 5.73 Å². The summed E-state index contributed by atoms with van der Waals surface area (Å²) in [6.45, 7) is 0.966. The van der Waals surface area contributed by atoms with Gasteiger partial charge in [-0.25, -0.2) is 4.39 Å². The second kappa shape index (κ2) is 4.05. The maximum Gasteiger partial charge on any atom is 0.123 e. The minimum Gasteiger partial charge on any atom is -0.368 e. The third-order valence-electron chi connectivity index (χ3n) is 2.11. The Morgan fingerprint density at radius 3 is 3.00 bits per heavy atom. The first kappa shape index (κ1) is 10.4. The number of fused-ring (bicyclic) bond motifs is 1. The van der Waals surface area contributed by atoms with Gasteiger partial charge in [0.2, 0.25) is 0 Å². The van der Waals surface area contributed by atoms with Crippen LogP contribution in [0.5, 0.6) is 0 Å². The lowest BCUT2D eigenvalue weighted by Gasteiger charge is -2.06. The average Bonchev–Trinajstić information content (AvgIpc) is 2.46. The van der Waals surface area contributed by atoms with E-state index < -0.39 is 0 Å². The van der Waals surface area contributed by atoms with Gasteiger partial charge in [-0.05, 0) is 23.3 Å². The minimum atomic E-state index is -0.224. The van der Waals surface area contributed by atoms with Crippen molar-refractivity contribution < 1.29 is 9.13 Å². The van der Waals surface area contributed by atoms with E-state index in [0.29, 0.717) is 13.2 Å². The Kier molecular flexibility index (Phi) is 3.25. The molecule has 13 heavy (non-hydrogen) atoms. The molecule has 0 fully saturated rings. The average molecular weight is 204 g/mol. The molecule has 0 saturated heterocycles. The van der Waals surface area contributed by atoms with Gasteiger partial charge in [-0.2, -0.15) is 0 Å². The Morgan fingerprint density at radius 1 is 1.54 bits per heavy atom. The van der Waals surface area contributed by atoms with Crippen molar-refractivity contribution in [3.63, 3.8) is 0 Å². The van der Waals surface area contributed by atoms with Gasteiger partial charge in [-0.3, -0.25) is 0 Å². The maximum atomic E-state index is 12.8.